The van der Waals surface area contributed by atoms with Gasteiger partial charge in [0, 0.05) is 12.1 Å². The number of benzene rings is 1. The Morgan fingerprint density at radius 1 is 1.15 bits per heavy atom. The maximum atomic E-state index is 9.75. The van der Waals surface area contributed by atoms with Crippen molar-refractivity contribution in [1.82, 2.24) is 0 Å². The van der Waals surface area contributed by atoms with Crippen LogP contribution in [-0.4, -0.2) is 17.2 Å². The Labute approximate surface area is 78.4 Å². The van der Waals surface area contributed by atoms with Gasteiger partial charge in [-0.2, -0.15) is 0 Å². The largest absolute Gasteiger partial charge is 0.387 e. The minimum atomic E-state index is -0.679. The van der Waals surface area contributed by atoms with Crippen molar-refractivity contribution in [2.45, 2.75) is 25.1 Å². The predicted molar refractivity (Wildman–Crippen MR) is 53.0 cm³/mol. The van der Waals surface area contributed by atoms with E-state index in [4.69, 9.17) is 11.5 Å². The molecule has 0 saturated heterocycles. The fourth-order valence-corrected chi connectivity index (χ4v) is 1.16. The van der Waals surface area contributed by atoms with Crippen LogP contribution in [0.15, 0.2) is 30.3 Å². The molecule has 0 aliphatic heterocycles. The van der Waals surface area contributed by atoms with Gasteiger partial charge < -0.3 is 16.6 Å². The highest BCUT2D eigenvalue weighted by molar-refractivity contribution is 5.19. The van der Waals surface area contributed by atoms with Gasteiger partial charge in [0.1, 0.15) is 0 Å². The minimum absolute atomic E-state index is 0.213. The molecule has 0 amide bonds. The van der Waals surface area contributed by atoms with E-state index in [2.05, 4.69) is 0 Å². The van der Waals surface area contributed by atoms with E-state index in [0.717, 1.165) is 5.56 Å². The summed E-state index contributed by atoms with van der Waals surface area (Å²) in [7, 11) is 0. The van der Waals surface area contributed by atoms with Crippen LogP contribution >= 0.6 is 0 Å². The van der Waals surface area contributed by atoms with Crippen molar-refractivity contribution in [1.29, 1.82) is 0 Å². The first-order chi connectivity index (χ1) is 6.13. The molecule has 3 atom stereocenters. The summed E-state index contributed by atoms with van der Waals surface area (Å²) in [5.41, 5.74) is 12.1. The molecule has 72 valence electrons. The summed E-state index contributed by atoms with van der Waals surface area (Å²) in [4.78, 5) is 0. The van der Waals surface area contributed by atoms with Crippen molar-refractivity contribution in [3.63, 3.8) is 0 Å². The number of nitrogens with two attached hydrogens (primary N) is 2. The van der Waals surface area contributed by atoms with Crippen molar-refractivity contribution in [2.75, 3.05) is 0 Å². The second-order valence-electron chi connectivity index (χ2n) is 3.29. The lowest BCUT2D eigenvalue weighted by Gasteiger charge is -2.22. The Balaban J connectivity index is 2.73. The summed E-state index contributed by atoms with van der Waals surface area (Å²) in [6, 6.07) is 8.68. The van der Waals surface area contributed by atoms with Crippen LogP contribution in [0.1, 0.15) is 18.6 Å². The summed E-state index contributed by atoms with van der Waals surface area (Å²) in [6.45, 7) is 1.79. The maximum Gasteiger partial charge on any atom is 0.0955 e. The van der Waals surface area contributed by atoms with Crippen LogP contribution in [0, 0.1) is 0 Å². The third-order valence-electron chi connectivity index (χ3n) is 2.11. The first kappa shape index (κ1) is 10.2. The molecule has 0 aliphatic carbocycles. The van der Waals surface area contributed by atoms with E-state index in [0.29, 0.717) is 0 Å². The Kier molecular flexibility index (Phi) is 3.42. The van der Waals surface area contributed by atoms with E-state index >= 15 is 0 Å². The fraction of sp³-hybridized carbons (Fsp3) is 0.400. The zero-order chi connectivity index (χ0) is 9.84. The average Bonchev–Trinajstić information content (AvgIpc) is 2.17. The molecule has 0 bridgehead atoms. The maximum absolute atomic E-state index is 9.75. The minimum Gasteiger partial charge on any atom is -0.387 e. The first-order valence-corrected chi connectivity index (χ1v) is 4.37. The molecule has 1 rings (SSSR count). The van der Waals surface area contributed by atoms with Gasteiger partial charge in [-0.25, -0.2) is 0 Å². The Morgan fingerprint density at radius 3 is 2.15 bits per heavy atom. The van der Waals surface area contributed by atoms with Gasteiger partial charge in [-0.3, -0.25) is 0 Å². The zero-order valence-electron chi connectivity index (χ0n) is 7.72. The highest BCUT2D eigenvalue weighted by Crippen LogP contribution is 2.15. The van der Waals surface area contributed by atoms with E-state index in [-0.39, 0.29) is 6.04 Å². The molecule has 3 nitrogen and oxygen atoms in total. The van der Waals surface area contributed by atoms with Gasteiger partial charge in [-0.1, -0.05) is 30.3 Å². The van der Waals surface area contributed by atoms with Gasteiger partial charge in [0.25, 0.3) is 0 Å². The molecule has 0 saturated carbocycles. The smallest absolute Gasteiger partial charge is 0.0955 e. The van der Waals surface area contributed by atoms with Crippen molar-refractivity contribution in [2.24, 2.45) is 11.5 Å². The number of aliphatic hydroxyl groups excluding tert-OH is 1. The number of rotatable bonds is 3. The number of hydrogen-bond acceptors (Lipinski definition) is 3. The quantitative estimate of drug-likeness (QED) is 0.630. The Hall–Kier alpha value is -0.900. The van der Waals surface area contributed by atoms with Crippen LogP contribution in [0.2, 0.25) is 0 Å². The Bertz CT molecular complexity index is 248. The average molecular weight is 180 g/mol. The molecule has 0 aromatic heterocycles. The monoisotopic (exact) mass is 180 g/mol. The standard InChI is InChI=1S/C10H16N2O/c1-7(11)9(12)10(13)8-5-3-2-4-6-8/h2-7,9-10,13H,11-12H2,1H3/t7-,9+,10+/m0/s1. The second kappa shape index (κ2) is 4.37. The number of hydrogen-bond donors (Lipinski definition) is 3. The fourth-order valence-electron chi connectivity index (χ4n) is 1.16. The van der Waals surface area contributed by atoms with Gasteiger partial charge in [0.05, 0.1) is 6.10 Å². The first-order valence-electron chi connectivity index (χ1n) is 4.37. The number of aliphatic hydroxyl groups is 1. The van der Waals surface area contributed by atoms with E-state index in [1.165, 1.54) is 0 Å². The molecular weight excluding hydrogens is 164 g/mol. The summed E-state index contributed by atoms with van der Waals surface area (Å²) in [6.07, 6.45) is -0.679. The van der Waals surface area contributed by atoms with E-state index < -0.39 is 12.1 Å². The summed E-state index contributed by atoms with van der Waals surface area (Å²) >= 11 is 0. The van der Waals surface area contributed by atoms with Crippen LogP contribution in [-0.2, 0) is 0 Å². The lowest BCUT2D eigenvalue weighted by molar-refractivity contribution is 0.137. The normalized spacial score (nSPS) is 17.8. The van der Waals surface area contributed by atoms with Crippen LogP contribution in [0.4, 0.5) is 0 Å². The van der Waals surface area contributed by atoms with Crippen LogP contribution < -0.4 is 11.5 Å². The SMILES string of the molecule is C[C@H](N)[C@@H](N)[C@H](O)c1ccccc1. The van der Waals surface area contributed by atoms with Gasteiger partial charge in [-0.15, -0.1) is 0 Å². The van der Waals surface area contributed by atoms with E-state index in [1.807, 2.05) is 30.3 Å². The molecule has 0 radical (unpaired) electrons. The molecular formula is C10H16N2O. The Morgan fingerprint density at radius 2 is 1.69 bits per heavy atom. The van der Waals surface area contributed by atoms with Crippen LogP contribution in [0.25, 0.3) is 0 Å². The molecule has 0 heterocycles. The highest BCUT2D eigenvalue weighted by Gasteiger charge is 2.19. The van der Waals surface area contributed by atoms with Gasteiger partial charge in [-0.05, 0) is 12.5 Å². The molecule has 3 heteroatoms. The molecule has 1 aromatic carbocycles. The third kappa shape index (κ3) is 2.52. The molecule has 0 aliphatic rings. The van der Waals surface area contributed by atoms with Crippen LogP contribution in [0.5, 0.6) is 0 Å². The van der Waals surface area contributed by atoms with Crippen LogP contribution in [0.3, 0.4) is 0 Å². The molecule has 1 aromatic rings. The molecule has 0 fully saturated rings. The van der Waals surface area contributed by atoms with Gasteiger partial charge in [0.15, 0.2) is 0 Å². The third-order valence-corrected chi connectivity index (χ3v) is 2.11. The van der Waals surface area contributed by atoms with Crippen molar-refractivity contribution >= 4 is 0 Å². The topological polar surface area (TPSA) is 72.3 Å². The highest BCUT2D eigenvalue weighted by atomic mass is 16.3. The van der Waals surface area contributed by atoms with Gasteiger partial charge in [0.2, 0.25) is 0 Å². The summed E-state index contributed by atoms with van der Waals surface area (Å²) in [5, 5.41) is 9.75. The second-order valence-corrected chi connectivity index (χ2v) is 3.29. The van der Waals surface area contributed by atoms with Crippen molar-refractivity contribution in [3.05, 3.63) is 35.9 Å². The lowest BCUT2D eigenvalue weighted by atomic mass is 9.99. The lowest BCUT2D eigenvalue weighted by Crippen LogP contribution is -2.43. The molecule has 0 unspecified atom stereocenters. The molecule has 13 heavy (non-hydrogen) atoms. The summed E-state index contributed by atoms with van der Waals surface area (Å²) in [5.74, 6) is 0. The molecule has 5 N–H and O–H groups in total. The van der Waals surface area contributed by atoms with Gasteiger partial charge >= 0.3 is 0 Å². The van der Waals surface area contributed by atoms with E-state index in [1.54, 1.807) is 6.92 Å². The molecule has 0 spiro atoms. The van der Waals surface area contributed by atoms with Crippen molar-refractivity contribution < 1.29 is 5.11 Å². The zero-order valence-corrected chi connectivity index (χ0v) is 7.72. The van der Waals surface area contributed by atoms with E-state index in [9.17, 15) is 5.11 Å². The van der Waals surface area contributed by atoms with Crippen molar-refractivity contribution in [3.8, 4) is 0 Å². The summed E-state index contributed by atoms with van der Waals surface area (Å²) < 4.78 is 0. The predicted octanol–water partition coefficient (Wildman–Crippen LogP) is 0.395.